The number of nitrogens with zero attached hydrogens (tertiary/aromatic N) is 2. The first-order valence-corrected chi connectivity index (χ1v) is 7.85. The molecule has 2 aromatic rings. The topological polar surface area (TPSA) is 76.1 Å². The lowest BCUT2D eigenvalue weighted by Crippen LogP contribution is -2.28. The van der Waals surface area contributed by atoms with Gasteiger partial charge in [0.1, 0.15) is 11.6 Å². The van der Waals surface area contributed by atoms with Gasteiger partial charge in [-0.15, -0.1) is 0 Å². The standard InChI is InChI=1S/C18H24N4O2/c1-18(2,3)17(23)22-16-7-5-6-13(21-16)11-19-12-14-10-15(24-4)8-9-20-14/h5-10,19H,11-12H2,1-4H3,(H,21,22,23). The van der Waals surface area contributed by atoms with Gasteiger partial charge >= 0.3 is 0 Å². The molecule has 128 valence electrons. The summed E-state index contributed by atoms with van der Waals surface area (Å²) in [5, 5.41) is 6.13. The number of hydrogen-bond acceptors (Lipinski definition) is 5. The predicted octanol–water partition coefficient (Wildman–Crippen LogP) is 2.76. The first-order chi connectivity index (χ1) is 11.4. The molecule has 2 heterocycles. The average molecular weight is 328 g/mol. The van der Waals surface area contributed by atoms with Crippen molar-refractivity contribution < 1.29 is 9.53 Å². The Bertz CT molecular complexity index is 695. The quantitative estimate of drug-likeness (QED) is 0.853. The van der Waals surface area contributed by atoms with E-state index >= 15 is 0 Å². The average Bonchev–Trinajstić information content (AvgIpc) is 2.54. The summed E-state index contributed by atoms with van der Waals surface area (Å²) >= 11 is 0. The normalized spacial score (nSPS) is 11.2. The van der Waals surface area contributed by atoms with Crippen molar-refractivity contribution in [3.05, 3.63) is 47.9 Å². The summed E-state index contributed by atoms with van der Waals surface area (Å²) in [6.45, 7) is 6.80. The molecular weight excluding hydrogens is 304 g/mol. The number of nitrogens with one attached hydrogen (secondary N) is 2. The van der Waals surface area contributed by atoms with E-state index in [2.05, 4.69) is 20.6 Å². The molecule has 0 aliphatic carbocycles. The highest BCUT2D eigenvalue weighted by atomic mass is 16.5. The molecule has 2 rings (SSSR count). The van der Waals surface area contributed by atoms with Crippen LogP contribution in [-0.2, 0) is 17.9 Å². The lowest BCUT2D eigenvalue weighted by Gasteiger charge is -2.17. The SMILES string of the molecule is COc1ccnc(CNCc2cccc(NC(=O)C(C)(C)C)n2)c1. The largest absolute Gasteiger partial charge is 0.497 e. The summed E-state index contributed by atoms with van der Waals surface area (Å²) in [5.41, 5.74) is 1.30. The Balaban J connectivity index is 1.91. The Labute approximate surface area is 142 Å². The van der Waals surface area contributed by atoms with Crippen molar-refractivity contribution in [1.82, 2.24) is 15.3 Å². The molecule has 0 radical (unpaired) electrons. The highest BCUT2D eigenvalue weighted by Crippen LogP contribution is 2.16. The molecule has 0 atom stereocenters. The molecule has 6 nitrogen and oxygen atoms in total. The van der Waals surface area contributed by atoms with Gasteiger partial charge in [-0.05, 0) is 18.2 Å². The molecule has 0 saturated heterocycles. The fourth-order valence-corrected chi connectivity index (χ4v) is 1.95. The number of amides is 1. The summed E-state index contributed by atoms with van der Waals surface area (Å²) < 4.78 is 5.18. The first kappa shape index (κ1) is 17.9. The number of ether oxygens (including phenoxy) is 1. The zero-order chi connectivity index (χ0) is 17.6. The van der Waals surface area contributed by atoms with E-state index in [1.165, 1.54) is 0 Å². The second-order valence-corrected chi connectivity index (χ2v) is 6.51. The second kappa shape index (κ2) is 7.88. The van der Waals surface area contributed by atoms with Crippen LogP contribution in [0, 0.1) is 5.41 Å². The molecular formula is C18H24N4O2. The number of hydrogen-bond donors (Lipinski definition) is 2. The lowest BCUT2D eigenvalue weighted by atomic mass is 9.96. The van der Waals surface area contributed by atoms with Crippen LogP contribution in [0.15, 0.2) is 36.5 Å². The van der Waals surface area contributed by atoms with Gasteiger partial charge in [-0.3, -0.25) is 9.78 Å². The van der Waals surface area contributed by atoms with Crippen LogP contribution in [0.2, 0.25) is 0 Å². The molecule has 1 amide bonds. The number of methoxy groups -OCH3 is 1. The van der Waals surface area contributed by atoms with Crippen molar-refractivity contribution >= 4 is 11.7 Å². The zero-order valence-corrected chi connectivity index (χ0v) is 14.6. The number of rotatable bonds is 6. The molecule has 6 heteroatoms. The van der Waals surface area contributed by atoms with E-state index in [1.807, 2.05) is 45.0 Å². The van der Waals surface area contributed by atoms with E-state index in [-0.39, 0.29) is 5.91 Å². The van der Waals surface area contributed by atoms with E-state index in [4.69, 9.17) is 4.74 Å². The molecule has 0 aliphatic rings. The molecule has 24 heavy (non-hydrogen) atoms. The van der Waals surface area contributed by atoms with Crippen molar-refractivity contribution in [3.8, 4) is 5.75 Å². The zero-order valence-electron chi connectivity index (χ0n) is 14.6. The number of carbonyl (C=O) groups is 1. The maximum absolute atomic E-state index is 12.0. The maximum atomic E-state index is 12.0. The second-order valence-electron chi connectivity index (χ2n) is 6.51. The van der Waals surface area contributed by atoms with Crippen LogP contribution in [0.4, 0.5) is 5.82 Å². The van der Waals surface area contributed by atoms with E-state index in [0.717, 1.165) is 17.1 Å². The smallest absolute Gasteiger partial charge is 0.230 e. The van der Waals surface area contributed by atoms with E-state index < -0.39 is 5.41 Å². The molecule has 2 N–H and O–H groups in total. The third-order valence-electron chi connectivity index (χ3n) is 3.37. The van der Waals surface area contributed by atoms with Gasteiger partial charge in [0.2, 0.25) is 5.91 Å². The Morgan fingerprint density at radius 2 is 1.92 bits per heavy atom. The van der Waals surface area contributed by atoms with E-state index in [9.17, 15) is 4.79 Å². The number of pyridine rings is 2. The Hall–Kier alpha value is -2.47. The Morgan fingerprint density at radius 1 is 1.17 bits per heavy atom. The fraction of sp³-hybridized carbons (Fsp3) is 0.389. The number of aromatic nitrogens is 2. The molecule has 0 unspecified atom stereocenters. The monoisotopic (exact) mass is 328 g/mol. The van der Waals surface area contributed by atoms with Crippen molar-refractivity contribution in [1.29, 1.82) is 0 Å². The summed E-state index contributed by atoms with van der Waals surface area (Å²) in [6.07, 6.45) is 1.72. The summed E-state index contributed by atoms with van der Waals surface area (Å²) in [5.74, 6) is 1.29. The minimum Gasteiger partial charge on any atom is -0.497 e. The van der Waals surface area contributed by atoms with Gasteiger partial charge in [-0.2, -0.15) is 0 Å². The molecule has 0 aliphatic heterocycles. The minimum absolute atomic E-state index is 0.0549. The fourth-order valence-electron chi connectivity index (χ4n) is 1.95. The van der Waals surface area contributed by atoms with Crippen LogP contribution in [0.3, 0.4) is 0 Å². The van der Waals surface area contributed by atoms with Crippen LogP contribution in [-0.4, -0.2) is 23.0 Å². The molecule has 0 spiro atoms. The predicted molar refractivity (Wildman–Crippen MR) is 93.7 cm³/mol. The van der Waals surface area contributed by atoms with Crippen molar-refractivity contribution in [2.24, 2.45) is 5.41 Å². The number of anilines is 1. The van der Waals surface area contributed by atoms with Crippen molar-refractivity contribution in [2.75, 3.05) is 12.4 Å². The third kappa shape index (κ3) is 5.31. The van der Waals surface area contributed by atoms with Gasteiger partial charge in [-0.1, -0.05) is 26.8 Å². The highest BCUT2D eigenvalue weighted by molar-refractivity contribution is 5.93. The third-order valence-corrected chi connectivity index (χ3v) is 3.37. The molecule has 0 saturated carbocycles. The van der Waals surface area contributed by atoms with E-state index in [1.54, 1.807) is 19.4 Å². The van der Waals surface area contributed by atoms with Crippen LogP contribution < -0.4 is 15.4 Å². The molecule has 2 aromatic heterocycles. The van der Waals surface area contributed by atoms with Crippen LogP contribution in [0.5, 0.6) is 5.75 Å². The van der Waals surface area contributed by atoms with Gasteiger partial charge in [0.25, 0.3) is 0 Å². The summed E-state index contributed by atoms with van der Waals surface area (Å²) in [7, 11) is 1.63. The Kier molecular flexibility index (Phi) is 5.87. The number of carbonyl (C=O) groups excluding carboxylic acids is 1. The van der Waals surface area contributed by atoms with Gasteiger partial charge in [-0.25, -0.2) is 4.98 Å². The first-order valence-electron chi connectivity index (χ1n) is 7.85. The van der Waals surface area contributed by atoms with Gasteiger partial charge in [0.05, 0.1) is 18.5 Å². The van der Waals surface area contributed by atoms with Crippen molar-refractivity contribution in [2.45, 2.75) is 33.9 Å². The summed E-state index contributed by atoms with van der Waals surface area (Å²) in [6, 6.07) is 9.29. The van der Waals surface area contributed by atoms with Crippen LogP contribution in [0.25, 0.3) is 0 Å². The molecule has 0 aromatic carbocycles. The molecule has 0 bridgehead atoms. The Morgan fingerprint density at radius 3 is 2.62 bits per heavy atom. The van der Waals surface area contributed by atoms with Crippen LogP contribution in [0.1, 0.15) is 32.2 Å². The molecule has 0 fully saturated rings. The van der Waals surface area contributed by atoms with Gasteiger partial charge in [0, 0.05) is 30.8 Å². The summed E-state index contributed by atoms with van der Waals surface area (Å²) in [4.78, 5) is 20.8. The lowest BCUT2D eigenvalue weighted by molar-refractivity contribution is -0.123. The maximum Gasteiger partial charge on any atom is 0.230 e. The minimum atomic E-state index is -0.450. The van der Waals surface area contributed by atoms with Gasteiger partial charge in [0.15, 0.2) is 0 Å². The highest BCUT2D eigenvalue weighted by Gasteiger charge is 2.21. The van der Waals surface area contributed by atoms with Gasteiger partial charge < -0.3 is 15.4 Å². The van der Waals surface area contributed by atoms with E-state index in [0.29, 0.717) is 18.9 Å². The van der Waals surface area contributed by atoms with Crippen molar-refractivity contribution in [3.63, 3.8) is 0 Å². The van der Waals surface area contributed by atoms with Crippen LogP contribution >= 0.6 is 0 Å².